The molecule has 1 aromatic heterocycles. The second-order valence-corrected chi connectivity index (χ2v) is 12.8. The number of esters is 1. The van der Waals surface area contributed by atoms with Crippen LogP contribution in [-0.2, 0) is 34.4 Å². The Morgan fingerprint density at radius 1 is 0.978 bits per heavy atom. The van der Waals surface area contributed by atoms with Crippen molar-refractivity contribution in [3.63, 3.8) is 0 Å². The zero-order valence-electron chi connectivity index (χ0n) is 25.6. The Balaban J connectivity index is 1.31. The van der Waals surface area contributed by atoms with Crippen LogP contribution in [-0.4, -0.2) is 55.2 Å². The molecule has 0 saturated carbocycles. The molecule has 0 aliphatic carbocycles. The Hall–Kier alpha value is -3.61. The molecule has 5 rings (SSSR count). The Kier molecular flexibility index (Phi) is 11.2. The van der Waals surface area contributed by atoms with Crippen molar-refractivity contribution in [3.05, 3.63) is 94.2 Å². The number of piperazine rings is 1. The average molecular weight is 674 g/mol. The molecule has 0 atom stereocenters. The van der Waals surface area contributed by atoms with Gasteiger partial charge in [0.25, 0.3) is 0 Å². The van der Waals surface area contributed by atoms with Crippen LogP contribution in [0, 0.1) is 5.82 Å². The Morgan fingerprint density at radius 2 is 1.70 bits per heavy atom. The lowest BCUT2D eigenvalue weighted by Crippen LogP contribution is -2.46. The molecule has 244 valence electrons. The van der Waals surface area contributed by atoms with Crippen LogP contribution in [0.5, 0.6) is 5.75 Å². The van der Waals surface area contributed by atoms with Crippen LogP contribution in [0.3, 0.4) is 0 Å². The first-order chi connectivity index (χ1) is 22.1. The smallest absolute Gasteiger partial charge is 0.416 e. The van der Waals surface area contributed by atoms with Gasteiger partial charge in [-0.05, 0) is 73.5 Å². The van der Waals surface area contributed by atoms with Gasteiger partial charge in [0.05, 0.1) is 17.9 Å². The van der Waals surface area contributed by atoms with Gasteiger partial charge in [-0.1, -0.05) is 19.1 Å². The van der Waals surface area contributed by atoms with E-state index >= 15 is 0 Å². The van der Waals surface area contributed by atoms with Gasteiger partial charge >= 0.3 is 12.1 Å². The molecule has 1 saturated heterocycles. The SMILES string of the molecule is CCOC(=O)COc1ccc(SCc2sc(-c3ccc(C(F)(F)F)cc3)nc2CN2CCN(c3ccc(F)cc3)CC2)cc1CC. The Morgan fingerprint density at radius 3 is 2.35 bits per heavy atom. The van der Waals surface area contributed by atoms with E-state index in [2.05, 4.69) is 15.9 Å². The molecule has 0 amide bonds. The number of thioether (sulfide) groups is 1. The second-order valence-electron chi connectivity index (χ2n) is 10.7. The first kappa shape index (κ1) is 33.7. The number of anilines is 1. The van der Waals surface area contributed by atoms with E-state index < -0.39 is 17.7 Å². The highest BCUT2D eigenvalue weighted by atomic mass is 32.2. The predicted molar refractivity (Wildman–Crippen MR) is 174 cm³/mol. The van der Waals surface area contributed by atoms with Crippen LogP contribution >= 0.6 is 23.1 Å². The number of nitrogens with zero attached hydrogens (tertiary/aromatic N) is 3. The number of aryl methyl sites for hydroxylation is 1. The molecule has 1 fully saturated rings. The van der Waals surface area contributed by atoms with E-state index in [9.17, 15) is 22.4 Å². The quantitative estimate of drug-likeness (QED) is 0.0857. The third kappa shape index (κ3) is 8.80. The minimum absolute atomic E-state index is 0.150. The normalized spacial score (nSPS) is 14.0. The third-order valence-corrected chi connectivity index (χ3v) is 9.96. The average Bonchev–Trinajstić information content (AvgIpc) is 3.45. The Labute approximate surface area is 274 Å². The molecular formula is C34H35F4N3O3S2. The van der Waals surface area contributed by atoms with Crippen molar-refractivity contribution >= 4 is 34.8 Å². The number of benzene rings is 3. The number of hydrogen-bond donors (Lipinski definition) is 0. The number of rotatable bonds is 12. The maximum Gasteiger partial charge on any atom is 0.416 e. The molecule has 0 spiro atoms. The number of thiazole rings is 1. The maximum absolute atomic E-state index is 13.4. The fraction of sp³-hybridized carbons (Fsp3) is 0.353. The van der Waals surface area contributed by atoms with Crippen molar-refractivity contribution in [2.24, 2.45) is 0 Å². The summed E-state index contributed by atoms with van der Waals surface area (Å²) in [4.78, 5) is 23.3. The van der Waals surface area contributed by atoms with Gasteiger partial charge in [-0.15, -0.1) is 23.1 Å². The number of alkyl halides is 3. The number of aromatic nitrogens is 1. The summed E-state index contributed by atoms with van der Waals surface area (Å²) >= 11 is 3.15. The number of hydrogen-bond acceptors (Lipinski definition) is 8. The van der Waals surface area contributed by atoms with Crippen molar-refractivity contribution in [1.29, 1.82) is 0 Å². The molecule has 1 aliphatic heterocycles. The van der Waals surface area contributed by atoms with Crippen LogP contribution in [0.15, 0.2) is 71.6 Å². The summed E-state index contributed by atoms with van der Waals surface area (Å²) in [7, 11) is 0. The molecule has 46 heavy (non-hydrogen) atoms. The summed E-state index contributed by atoms with van der Waals surface area (Å²) in [5.74, 6) is 0.601. The van der Waals surface area contributed by atoms with Crippen molar-refractivity contribution < 1.29 is 31.8 Å². The molecule has 2 heterocycles. The van der Waals surface area contributed by atoms with E-state index in [1.54, 1.807) is 30.8 Å². The lowest BCUT2D eigenvalue weighted by atomic mass is 10.1. The van der Waals surface area contributed by atoms with Crippen molar-refractivity contribution in [3.8, 4) is 16.3 Å². The fourth-order valence-corrected chi connectivity index (χ4v) is 7.26. The maximum atomic E-state index is 13.4. The molecule has 12 heteroatoms. The van der Waals surface area contributed by atoms with E-state index in [1.807, 2.05) is 19.1 Å². The number of carbonyl (C=O) groups excluding carboxylic acids is 1. The highest BCUT2D eigenvalue weighted by molar-refractivity contribution is 7.98. The highest BCUT2D eigenvalue weighted by Gasteiger charge is 2.30. The fourth-order valence-electron chi connectivity index (χ4n) is 5.12. The first-order valence-corrected chi connectivity index (χ1v) is 16.9. The largest absolute Gasteiger partial charge is 0.482 e. The summed E-state index contributed by atoms with van der Waals surface area (Å²) < 4.78 is 63.6. The molecular weight excluding hydrogens is 639 g/mol. The minimum atomic E-state index is -4.40. The molecule has 3 aromatic carbocycles. The lowest BCUT2D eigenvalue weighted by Gasteiger charge is -2.36. The van der Waals surface area contributed by atoms with E-state index in [-0.39, 0.29) is 12.4 Å². The molecule has 6 nitrogen and oxygen atoms in total. The molecule has 1 aliphatic rings. The second kappa shape index (κ2) is 15.3. The van der Waals surface area contributed by atoms with Gasteiger partial charge in [0.2, 0.25) is 0 Å². The van der Waals surface area contributed by atoms with Crippen molar-refractivity contribution in [2.45, 2.75) is 43.6 Å². The van der Waals surface area contributed by atoms with Crippen LogP contribution in [0.4, 0.5) is 23.2 Å². The van der Waals surface area contributed by atoms with Crippen molar-refractivity contribution in [1.82, 2.24) is 9.88 Å². The van der Waals surface area contributed by atoms with E-state index in [0.717, 1.165) is 71.4 Å². The summed E-state index contributed by atoms with van der Waals surface area (Å²) in [6.07, 6.45) is -3.68. The standard InChI is InChI=1S/C34H35F4N3O3S2/c1-3-23-19-28(13-14-30(23)44-21-32(42)43-4-2)45-22-31-29(39-33(46-31)24-5-7-25(8-6-24)34(36,37)38)20-40-15-17-41(18-16-40)27-11-9-26(35)10-12-27/h5-14,19H,3-4,15-18,20-22H2,1-2H3. The number of halogens is 4. The van der Waals surface area contributed by atoms with Gasteiger partial charge in [0.15, 0.2) is 6.61 Å². The van der Waals surface area contributed by atoms with Crippen molar-refractivity contribution in [2.75, 3.05) is 44.3 Å². The molecule has 0 unspecified atom stereocenters. The van der Waals surface area contributed by atoms with Gasteiger partial charge in [0.1, 0.15) is 16.6 Å². The molecule has 0 N–H and O–H groups in total. The van der Waals surface area contributed by atoms with Gasteiger partial charge in [-0.25, -0.2) is 14.2 Å². The number of carbonyl (C=O) groups is 1. The Bertz CT molecular complexity index is 1600. The van der Waals surface area contributed by atoms with Crippen LogP contribution in [0.25, 0.3) is 10.6 Å². The summed E-state index contributed by atoms with van der Waals surface area (Å²) in [5.41, 5.74) is 2.83. The van der Waals surface area contributed by atoms with Gasteiger partial charge in [-0.3, -0.25) is 4.90 Å². The van der Waals surface area contributed by atoms with E-state index in [4.69, 9.17) is 14.5 Å². The summed E-state index contributed by atoms with van der Waals surface area (Å²) in [6, 6.07) is 17.5. The van der Waals surface area contributed by atoms with Crippen LogP contribution < -0.4 is 9.64 Å². The zero-order chi connectivity index (χ0) is 32.7. The monoisotopic (exact) mass is 673 g/mol. The lowest BCUT2D eigenvalue weighted by molar-refractivity contribution is -0.145. The summed E-state index contributed by atoms with van der Waals surface area (Å²) in [5, 5.41) is 0.682. The molecule has 0 radical (unpaired) electrons. The minimum Gasteiger partial charge on any atom is -0.482 e. The summed E-state index contributed by atoms with van der Waals surface area (Å²) in [6.45, 7) is 7.70. The van der Waals surface area contributed by atoms with Gasteiger partial charge in [-0.2, -0.15) is 13.2 Å². The van der Waals surface area contributed by atoms with Crippen LogP contribution in [0.1, 0.15) is 35.5 Å². The first-order valence-electron chi connectivity index (χ1n) is 15.1. The topological polar surface area (TPSA) is 54.9 Å². The van der Waals surface area contributed by atoms with Gasteiger partial charge < -0.3 is 14.4 Å². The van der Waals surface area contributed by atoms with E-state index in [1.165, 1.54) is 35.6 Å². The van der Waals surface area contributed by atoms with Gasteiger partial charge in [0, 0.05) is 59.5 Å². The predicted octanol–water partition coefficient (Wildman–Crippen LogP) is 8.09. The molecule has 4 aromatic rings. The van der Waals surface area contributed by atoms with Crippen LogP contribution in [0.2, 0.25) is 0 Å². The van der Waals surface area contributed by atoms with E-state index in [0.29, 0.717) is 35.2 Å². The third-order valence-electron chi connectivity index (χ3n) is 7.61. The molecule has 0 bridgehead atoms. The highest BCUT2D eigenvalue weighted by Crippen LogP contribution is 2.37. The number of ether oxygens (including phenoxy) is 2. The zero-order valence-corrected chi connectivity index (χ0v) is 27.2.